The average Bonchev–Trinajstić information content (AvgIpc) is 2.16. The fourth-order valence-electron chi connectivity index (χ4n) is 0.865. The molecule has 0 fully saturated rings. The molecule has 0 saturated carbocycles. The molecule has 0 aliphatic rings. The second-order valence-electron chi connectivity index (χ2n) is 3.31. The highest BCUT2D eigenvalue weighted by atomic mass is 16.4. The van der Waals surface area contributed by atoms with Gasteiger partial charge < -0.3 is 10.4 Å². The number of allylic oxidation sites excluding steroid dienone is 3. The van der Waals surface area contributed by atoms with Crippen LogP contribution in [0.5, 0.6) is 0 Å². The summed E-state index contributed by atoms with van der Waals surface area (Å²) in [5, 5.41) is 11.3. The molecular weight excluding hydrogens is 194 g/mol. The molecule has 2 N–H and O–H groups in total. The van der Waals surface area contributed by atoms with Gasteiger partial charge >= 0.3 is 5.97 Å². The van der Waals surface area contributed by atoms with Crippen LogP contribution in [0.2, 0.25) is 0 Å². The van der Waals surface area contributed by atoms with Crippen molar-refractivity contribution in [2.24, 2.45) is 5.92 Å². The van der Waals surface area contributed by atoms with Crippen LogP contribution in [0.4, 0.5) is 0 Å². The van der Waals surface area contributed by atoms with Crippen LogP contribution < -0.4 is 5.32 Å². The summed E-state index contributed by atoms with van der Waals surface area (Å²) in [6, 6.07) is -0.384. The minimum atomic E-state index is -0.916. The first kappa shape index (κ1) is 13.4. The first-order valence-corrected chi connectivity index (χ1v) is 4.81. The molecule has 0 aromatic heterocycles. The zero-order valence-electron chi connectivity index (χ0n) is 9.23. The van der Waals surface area contributed by atoms with E-state index in [-0.39, 0.29) is 11.9 Å². The van der Waals surface area contributed by atoms with Crippen LogP contribution in [0.15, 0.2) is 24.3 Å². The number of carbonyl (C=O) groups excluding carboxylic acids is 1. The number of carboxylic acids is 1. The molecule has 0 bridgehead atoms. The van der Waals surface area contributed by atoms with Crippen LogP contribution in [-0.4, -0.2) is 23.0 Å². The Labute approximate surface area is 89.7 Å². The van der Waals surface area contributed by atoms with Gasteiger partial charge in [-0.05, 0) is 20.8 Å². The van der Waals surface area contributed by atoms with E-state index in [2.05, 4.69) is 5.32 Å². The molecule has 0 rings (SSSR count). The van der Waals surface area contributed by atoms with Gasteiger partial charge in [0.15, 0.2) is 0 Å². The SMILES string of the molecule is CC=CC=CC(=O)NC(C)C(C)C(=O)O. The smallest absolute Gasteiger partial charge is 0.308 e. The summed E-state index contributed by atoms with van der Waals surface area (Å²) >= 11 is 0. The van der Waals surface area contributed by atoms with Crippen LogP contribution in [0.25, 0.3) is 0 Å². The number of rotatable bonds is 5. The van der Waals surface area contributed by atoms with Gasteiger partial charge in [-0.1, -0.05) is 18.2 Å². The molecule has 0 aliphatic heterocycles. The van der Waals surface area contributed by atoms with E-state index in [0.29, 0.717) is 0 Å². The minimum absolute atomic E-state index is 0.284. The first-order valence-electron chi connectivity index (χ1n) is 4.81. The summed E-state index contributed by atoms with van der Waals surface area (Å²) in [5.74, 6) is -1.79. The Balaban J connectivity index is 4.12. The summed E-state index contributed by atoms with van der Waals surface area (Å²) < 4.78 is 0. The normalized spacial score (nSPS) is 15.4. The Bertz CT molecular complexity index is 282. The zero-order valence-corrected chi connectivity index (χ0v) is 9.23. The summed E-state index contributed by atoms with van der Waals surface area (Å²) in [6.07, 6.45) is 6.50. The second-order valence-corrected chi connectivity index (χ2v) is 3.31. The van der Waals surface area contributed by atoms with E-state index >= 15 is 0 Å². The second kappa shape index (κ2) is 6.81. The average molecular weight is 211 g/mol. The van der Waals surface area contributed by atoms with Crippen LogP contribution in [0.1, 0.15) is 20.8 Å². The largest absolute Gasteiger partial charge is 0.481 e. The molecule has 0 aromatic carbocycles. The Kier molecular flexibility index (Phi) is 6.09. The summed E-state index contributed by atoms with van der Waals surface area (Å²) in [7, 11) is 0. The number of carbonyl (C=O) groups is 2. The predicted molar refractivity (Wildman–Crippen MR) is 58.4 cm³/mol. The van der Waals surface area contributed by atoms with Crippen molar-refractivity contribution in [1.82, 2.24) is 5.32 Å². The maximum Gasteiger partial charge on any atom is 0.308 e. The maximum atomic E-state index is 11.2. The molecular formula is C11H17NO3. The molecule has 1 amide bonds. The van der Waals surface area contributed by atoms with E-state index in [1.54, 1.807) is 32.1 Å². The molecule has 0 aromatic rings. The third kappa shape index (κ3) is 5.67. The minimum Gasteiger partial charge on any atom is -0.481 e. The van der Waals surface area contributed by atoms with E-state index in [1.165, 1.54) is 6.08 Å². The number of carboxylic acid groups (broad SMARTS) is 1. The van der Waals surface area contributed by atoms with E-state index in [4.69, 9.17) is 5.11 Å². The molecule has 0 radical (unpaired) electrons. The third-order valence-corrected chi connectivity index (χ3v) is 2.06. The molecule has 0 spiro atoms. The quantitative estimate of drug-likeness (QED) is 0.532. The van der Waals surface area contributed by atoms with Crippen LogP contribution in [0.3, 0.4) is 0 Å². The lowest BCUT2D eigenvalue weighted by molar-refractivity contribution is -0.142. The Morgan fingerprint density at radius 3 is 2.33 bits per heavy atom. The first-order chi connectivity index (χ1) is 6.99. The van der Waals surface area contributed by atoms with Crippen molar-refractivity contribution in [3.63, 3.8) is 0 Å². The molecule has 4 nitrogen and oxygen atoms in total. The van der Waals surface area contributed by atoms with Crippen molar-refractivity contribution in [3.05, 3.63) is 24.3 Å². The van der Waals surface area contributed by atoms with Gasteiger partial charge in [-0.3, -0.25) is 9.59 Å². The molecule has 4 heteroatoms. The monoisotopic (exact) mass is 211 g/mol. The lowest BCUT2D eigenvalue weighted by Gasteiger charge is -2.16. The van der Waals surface area contributed by atoms with Crippen molar-refractivity contribution in [2.45, 2.75) is 26.8 Å². The number of nitrogens with one attached hydrogen (secondary N) is 1. The van der Waals surface area contributed by atoms with Crippen molar-refractivity contribution in [1.29, 1.82) is 0 Å². The predicted octanol–water partition coefficient (Wildman–Crippen LogP) is 1.34. The van der Waals surface area contributed by atoms with Gasteiger partial charge in [0.1, 0.15) is 0 Å². The van der Waals surface area contributed by atoms with Gasteiger partial charge in [-0.15, -0.1) is 0 Å². The van der Waals surface area contributed by atoms with Crippen molar-refractivity contribution in [2.75, 3.05) is 0 Å². The molecule has 15 heavy (non-hydrogen) atoms. The topological polar surface area (TPSA) is 66.4 Å². The van der Waals surface area contributed by atoms with Crippen molar-refractivity contribution >= 4 is 11.9 Å². The number of aliphatic carboxylic acids is 1. The summed E-state index contributed by atoms with van der Waals surface area (Å²) in [5.41, 5.74) is 0. The summed E-state index contributed by atoms with van der Waals surface area (Å²) in [4.78, 5) is 21.8. The van der Waals surface area contributed by atoms with Gasteiger partial charge in [-0.2, -0.15) is 0 Å². The van der Waals surface area contributed by atoms with Gasteiger partial charge in [0, 0.05) is 12.1 Å². The van der Waals surface area contributed by atoms with Crippen LogP contribution in [0, 0.1) is 5.92 Å². The highest BCUT2D eigenvalue weighted by molar-refractivity contribution is 5.88. The molecule has 2 atom stereocenters. The lowest BCUT2D eigenvalue weighted by Crippen LogP contribution is -2.39. The fourth-order valence-corrected chi connectivity index (χ4v) is 0.865. The molecule has 0 saturated heterocycles. The van der Waals surface area contributed by atoms with Gasteiger partial charge in [0.2, 0.25) is 5.91 Å². The highest BCUT2D eigenvalue weighted by Gasteiger charge is 2.19. The summed E-state index contributed by atoms with van der Waals surface area (Å²) in [6.45, 7) is 5.07. The maximum absolute atomic E-state index is 11.2. The lowest BCUT2D eigenvalue weighted by atomic mass is 10.0. The van der Waals surface area contributed by atoms with Crippen LogP contribution >= 0.6 is 0 Å². The van der Waals surface area contributed by atoms with E-state index < -0.39 is 11.9 Å². The number of hydrogen-bond acceptors (Lipinski definition) is 2. The van der Waals surface area contributed by atoms with Crippen LogP contribution in [-0.2, 0) is 9.59 Å². The highest BCUT2D eigenvalue weighted by Crippen LogP contribution is 2.01. The van der Waals surface area contributed by atoms with E-state index in [0.717, 1.165) is 0 Å². The third-order valence-electron chi connectivity index (χ3n) is 2.06. The zero-order chi connectivity index (χ0) is 11.8. The Morgan fingerprint density at radius 2 is 1.87 bits per heavy atom. The fraction of sp³-hybridized carbons (Fsp3) is 0.455. The number of hydrogen-bond donors (Lipinski definition) is 2. The number of amides is 1. The standard InChI is InChI=1S/C11H17NO3/c1-4-5-6-7-10(13)12-9(3)8(2)11(14)15/h4-9H,1-3H3,(H,12,13)(H,14,15). The Hall–Kier alpha value is -1.58. The van der Waals surface area contributed by atoms with E-state index in [9.17, 15) is 9.59 Å². The van der Waals surface area contributed by atoms with Crippen molar-refractivity contribution < 1.29 is 14.7 Å². The molecule has 0 aliphatic carbocycles. The van der Waals surface area contributed by atoms with Gasteiger partial charge in [0.25, 0.3) is 0 Å². The molecule has 84 valence electrons. The van der Waals surface area contributed by atoms with E-state index in [1.807, 2.05) is 6.92 Å². The Morgan fingerprint density at radius 1 is 1.27 bits per heavy atom. The van der Waals surface area contributed by atoms with Gasteiger partial charge in [-0.25, -0.2) is 0 Å². The molecule has 0 heterocycles. The van der Waals surface area contributed by atoms with Gasteiger partial charge in [0.05, 0.1) is 5.92 Å². The van der Waals surface area contributed by atoms with Crippen molar-refractivity contribution in [3.8, 4) is 0 Å². The molecule has 2 unspecified atom stereocenters.